The van der Waals surface area contributed by atoms with Crippen molar-refractivity contribution in [1.82, 2.24) is 0 Å². The number of phenolic OH excluding ortho intramolecular Hbond substituents is 1. The number of phenols is 1. The molecule has 2 aromatic rings. The molecule has 0 fully saturated rings. The predicted octanol–water partition coefficient (Wildman–Crippen LogP) is 3.14. The molecule has 6 heteroatoms. The van der Waals surface area contributed by atoms with Gasteiger partial charge in [0.25, 0.3) is 0 Å². The molecule has 0 amide bonds. The molecule has 0 saturated heterocycles. The Morgan fingerprint density at radius 1 is 1.12 bits per heavy atom. The number of carbonyl (C=O) groups excluding carboxylic acids is 2. The molecule has 0 aliphatic carbocycles. The number of esters is 1. The molecule has 0 spiro atoms. The maximum absolute atomic E-state index is 13.9. The van der Waals surface area contributed by atoms with E-state index in [2.05, 4.69) is 4.74 Å². The maximum atomic E-state index is 13.9. The highest BCUT2D eigenvalue weighted by atomic mass is 19.1. The van der Waals surface area contributed by atoms with E-state index >= 15 is 0 Å². The van der Waals surface area contributed by atoms with Crippen LogP contribution in [0.4, 0.5) is 4.39 Å². The van der Waals surface area contributed by atoms with Crippen LogP contribution in [0.15, 0.2) is 36.4 Å². The van der Waals surface area contributed by atoms with Gasteiger partial charge in [-0.2, -0.15) is 0 Å². The maximum Gasteiger partial charge on any atom is 0.337 e. The van der Waals surface area contributed by atoms with Crippen molar-refractivity contribution in [3.8, 4) is 11.5 Å². The van der Waals surface area contributed by atoms with Gasteiger partial charge in [-0.1, -0.05) is 0 Å². The third-order valence-electron chi connectivity index (χ3n) is 3.60. The lowest BCUT2D eigenvalue weighted by Gasteiger charge is -2.08. The van der Waals surface area contributed by atoms with Crippen molar-refractivity contribution >= 4 is 11.8 Å². The minimum atomic E-state index is -0.660. The van der Waals surface area contributed by atoms with Gasteiger partial charge in [0.2, 0.25) is 0 Å². The van der Waals surface area contributed by atoms with Crippen molar-refractivity contribution in [1.29, 1.82) is 0 Å². The van der Waals surface area contributed by atoms with Crippen LogP contribution in [0.3, 0.4) is 0 Å². The molecule has 0 radical (unpaired) electrons. The summed E-state index contributed by atoms with van der Waals surface area (Å²) in [6.45, 7) is 0. The summed E-state index contributed by atoms with van der Waals surface area (Å²) in [6.07, 6.45) is 0.155. The fraction of sp³-hybridized carbons (Fsp3) is 0.222. The molecule has 0 heterocycles. The van der Waals surface area contributed by atoms with Crippen LogP contribution < -0.4 is 4.74 Å². The third-order valence-corrected chi connectivity index (χ3v) is 3.60. The summed E-state index contributed by atoms with van der Waals surface area (Å²) in [5, 5.41) is 9.84. The fourth-order valence-corrected chi connectivity index (χ4v) is 2.26. The van der Waals surface area contributed by atoms with Gasteiger partial charge in [0.1, 0.15) is 17.3 Å². The molecule has 1 N–H and O–H groups in total. The molecule has 0 unspecified atom stereocenters. The van der Waals surface area contributed by atoms with Crippen LogP contribution in [0.5, 0.6) is 11.5 Å². The molecular weight excluding hydrogens is 315 g/mol. The quantitative estimate of drug-likeness (QED) is 0.650. The molecule has 2 rings (SSSR count). The second-order valence-electron chi connectivity index (χ2n) is 5.10. The van der Waals surface area contributed by atoms with Crippen molar-refractivity contribution in [2.75, 3.05) is 14.2 Å². The second kappa shape index (κ2) is 7.59. The summed E-state index contributed by atoms with van der Waals surface area (Å²) in [7, 11) is 2.66. The average molecular weight is 332 g/mol. The number of aromatic hydroxyl groups is 1. The second-order valence-corrected chi connectivity index (χ2v) is 5.10. The first-order valence-electron chi connectivity index (χ1n) is 7.23. The largest absolute Gasteiger partial charge is 0.508 e. The van der Waals surface area contributed by atoms with Crippen molar-refractivity contribution in [3.05, 3.63) is 58.9 Å². The zero-order valence-electron chi connectivity index (χ0n) is 13.3. The van der Waals surface area contributed by atoms with Crippen molar-refractivity contribution in [3.63, 3.8) is 0 Å². The van der Waals surface area contributed by atoms with Gasteiger partial charge in [-0.15, -0.1) is 0 Å². The minimum Gasteiger partial charge on any atom is -0.508 e. The highest BCUT2D eigenvalue weighted by Gasteiger charge is 2.15. The normalized spacial score (nSPS) is 10.3. The molecule has 0 aromatic heterocycles. The van der Waals surface area contributed by atoms with Gasteiger partial charge >= 0.3 is 5.97 Å². The Kier molecular flexibility index (Phi) is 5.52. The minimum absolute atomic E-state index is 0.0125. The monoisotopic (exact) mass is 332 g/mol. The van der Waals surface area contributed by atoms with E-state index < -0.39 is 17.6 Å². The van der Waals surface area contributed by atoms with Gasteiger partial charge < -0.3 is 14.6 Å². The summed E-state index contributed by atoms with van der Waals surface area (Å²) in [6, 6.07) is 8.25. The Morgan fingerprint density at radius 2 is 1.88 bits per heavy atom. The van der Waals surface area contributed by atoms with Gasteiger partial charge in [0.05, 0.1) is 25.3 Å². The van der Waals surface area contributed by atoms with Crippen molar-refractivity contribution in [2.24, 2.45) is 0 Å². The molecule has 2 aromatic carbocycles. The van der Waals surface area contributed by atoms with E-state index in [0.717, 1.165) is 6.07 Å². The first-order valence-corrected chi connectivity index (χ1v) is 7.23. The summed E-state index contributed by atoms with van der Waals surface area (Å²) in [5.74, 6) is -1.31. The highest BCUT2D eigenvalue weighted by molar-refractivity contribution is 5.96. The van der Waals surface area contributed by atoms with Crippen molar-refractivity contribution < 1.29 is 28.6 Å². The zero-order chi connectivity index (χ0) is 17.7. The van der Waals surface area contributed by atoms with Gasteiger partial charge in [-0.3, -0.25) is 4.79 Å². The number of methoxy groups -OCH3 is 2. The number of hydrogen-bond acceptors (Lipinski definition) is 5. The molecule has 0 saturated carbocycles. The Balaban J connectivity index is 2.13. The summed E-state index contributed by atoms with van der Waals surface area (Å²) >= 11 is 0. The number of rotatable bonds is 6. The van der Waals surface area contributed by atoms with Crippen LogP contribution >= 0.6 is 0 Å². The first-order chi connectivity index (χ1) is 11.5. The Hall–Kier alpha value is -2.89. The molecule has 0 aliphatic rings. The van der Waals surface area contributed by atoms with E-state index in [-0.39, 0.29) is 29.7 Å². The van der Waals surface area contributed by atoms with Crippen LogP contribution in [-0.4, -0.2) is 31.1 Å². The van der Waals surface area contributed by atoms with Gasteiger partial charge in [-0.05, 0) is 42.3 Å². The number of hydrogen-bond donors (Lipinski definition) is 1. The average Bonchev–Trinajstić information content (AvgIpc) is 2.59. The van der Waals surface area contributed by atoms with E-state index in [0.29, 0.717) is 11.3 Å². The number of carbonyl (C=O) groups is 2. The summed E-state index contributed by atoms with van der Waals surface area (Å²) < 4.78 is 23.4. The van der Waals surface area contributed by atoms with Crippen LogP contribution in [0, 0.1) is 5.82 Å². The Morgan fingerprint density at radius 3 is 2.50 bits per heavy atom. The summed E-state index contributed by atoms with van der Waals surface area (Å²) in [4.78, 5) is 23.7. The standard InChI is InChI=1S/C18H17FO5/c1-23-13-5-6-14(15(19)10-13)17(21)8-3-11-9-12(18(22)24-2)4-7-16(11)20/h4-7,9-10,20H,3,8H2,1-2H3. The molecule has 0 atom stereocenters. The van der Waals surface area contributed by atoms with E-state index in [1.54, 1.807) is 0 Å². The molecule has 5 nitrogen and oxygen atoms in total. The van der Waals surface area contributed by atoms with Crippen LogP contribution in [0.2, 0.25) is 0 Å². The van der Waals surface area contributed by atoms with Crippen LogP contribution in [-0.2, 0) is 11.2 Å². The fourth-order valence-electron chi connectivity index (χ4n) is 2.26. The number of benzene rings is 2. The van der Waals surface area contributed by atoms with E-state index in [1.807, 2.05) is 0 Å². The lowest BCUT2D eigenvalue weighted by molar-refractivity contribution is 0.0600. The first kappa shape index (κ1) is 17.5. The van der Waals surface area contributed by atoms with Crippen LogP contribution in [0.25, 0.3) is 0 Å². The molecule has 24 heavy (non-hydrogen) atoms. The van der Waals surface area contributed by atoms with E-state index in [9.17, 15) is 19.1 Å². The van der Waals surface area contributed by atoms with Gasteiger partial charge in [0.15, 0.2) is 5.78 Å². The highest BCUT2D eigenvalue weighted by Crippen LogP contribution is 2.23. The Labute approximate surface area is 138 Å². The zero-order valence-corrected chi connectivity index (χ0v) is 13.3. The van der Waals surface area contributed by atoms with Gasteiger partial charge in [0, 0.05) is 12.5 Å². The smallest absolute Gasteiger partial charge is 0.337 e. The van der Waals surface area contributed by atoms with Gasteiger partial charge in [-0.25, -0.2) is 9.18 Å². The number of aryl methyl sites for hydroxylation is 1. The molecule has 0 aliphatic heterocycles. The lowest BCUT2D eigenvalue weighted by atomic mass is 10.00. The van der Waals surface area contributed by atoms with E-state index in [1.165, 1.54) is 44.6 Å². The Bertz CT molecular complexity index is 770. The number of Topliss-reactive ketones (excluding diaryl/α,β-unsaturated/α-hetero) is 1. The number of ketones is 1. The topological polar surface area (TPSA) is 72.8 Å². The SMILES string of the molecule is COC(=O)c1ccc(O)c(CCC(=O)c2ccc(OC)cc2F)c1. The summed E-state index contributed by atoms with van der Waals surface area (Å²) in [5.41, 5.74) is 0.646. The molecule has 126 valence electrons. The number of halogens is 1. The third kappa shape index (κ3) is 3.90. The molecule has 0 bridgehead atoms. The predicted molar refractivity (Wildman–Crippen MR) is 85.0 cm³/mol. The van der Waals surface area contributed by atoms with Crippen LogP contribution in [0.1, 0.15) is 32.7 Å². The number of ether oxygens (including phenoxy) is 2. The lowest BCUT2D eigenvalue weighted by Crippen LogP contribution is -2.06. The molecular formula is C18H17FO5. The van der Waals surface area contributed by atoms with Crippen molar-refractivity contribution in [2.45, 2.75) is 12.8 Å². The van der Waals surface area contributed by atoms with E-state index in [4.69, 9.17) is 4.74 Å².